The summed E-state index contributed by atoms with van der Waals surface area (Å²) >= 11 is 17.6. The van der Waals surface area contributed by atoms with Gasteiger partial charge in [-0.2, -0.15) is 5.10 Å². The molecule has 7 nitrogen and oxygen atoms in total. The first kappa shape index (κ1) is 15.3. The zero-order valence-electron chi connectivity index (χ0n) is 10.5. The maximum Gasteiger partial charge on any atom is 0.266 e. The van der Waals surface area contributed by atoms with E-state index in [2.05, 4.69) is 24.9 Å². The van der Waals surface area contributed by atoms with Crippen LogP contribution in [0.5, 0.6) is 0 Å². The number of hydrogen-bond acceptors (Lipinski definition) is 5. The molecule has 1 aromatic carbocycles. The van der Waals surface area contributed by atoms with Gasteiger partial charge in [0.05, 0.1) is 10.0 Å². The molecule has 3 rings (SSSR count). The number of rotatable bonds is 3. The summed E-state index contributed by atoms with van der Waals surface area (Å²) in [5, 5.41) is 6.42. The average molecular weight is 379 g/mol. The van der Waals surface area contributed by atoms with E-state index in [4.69, 9.17) is 34.8 Å². The maximum atomic E-state index is 12.5. The molecule has 2 N–H and O–H groups in total. The summed E-state index contributed by atoms with van der Waals surface area (Å²) in [4.78, 5) is 7.68. The van der Waals surface area contributed by atoms with Crippen molar-refractivity contribution >= 4 is 61.8 Å². The van der Waals surface area contributed by atoms with Gasteiger partial charge < -0.3 is 0 Å². The van der Waals surface area contributed by atoms with Crippen molar-refractivity contribution in [3.8, 4) is 0 Å². The van der Waals surface area contributed by atoms with Gasteiger partial charge in [0.2, 0.25) is 0 Å². The number of aromatic nitrogens is 4. The molecule has 0 aliphatic rings. The molecule has 0 atom stereocenters. The lowest BCUT2D eigenvalue weighted by atomic mass is 10.4. The second-order valence-electron chi connectivity index (χ2n) is 4.13. The van der Waals surface area contributed by atoms with Crippen LogP contribution in [0.4, 0.5) is 5.82 Å². The fourth-order valence-electron chi connectivity index (χ4n) is 1.79. The van der Waals surface area contributed by atoms with Crippen LogP contribution in [0.2, 0.25) is 15.1 Å². The molecule has 114 valence electrons. The smallest absolute Gasteiger partial charge is 0.260 e. The van der Waals surface area contributed by atoms with Crippen LogP contribution in [0.25, 0.3) is 11.2 Å². The van der Waals surface area contributed by atoms with E-state index in [1.807, 2.05) is 0 Å². The fourth-order valence-corrected chi connectivity index (χ4v) is 4.35. The van der Waals surface area contributed by atoms with E-state index in [9.17, 15) is 8.42 Å². The fraction of sp³-hybridized carbons (Fsp3) is 0. The molecule has 0 saturated heterocycles. The number of halogens is 3. The molecule has 2 aromatic heterocycles. The standard InChI is InChI=1S/C11H6Cl3N5O2S/c12-5-3-6(13)9(7(14)4-5)22(20,21)19-11-8-10(17-18-11)16-2-1-15-8/h1-4H,(H2,16,17,18,19). The van der Waals surface area contributed by atoms with Crippen molar-refractivity contribution in [2.45, 2.75) is 4.90 Å². The SMILES string of the molecule is O=S(=O)(Nc1n[nH]c2nccnc12)c1c(Cl)cc(Cl)cc1Cl. The van der Waals surface area contributed by atoms with Gasteiger partial charge in [-0.05, 0) is 12.1 Å². The Kier molecular flexibility index (Phi) is 3.85. The van der Waals surface area contributed by atoms with Gasteiger partial charge in [-0.15, -0.1) is 0 Å². The first-order valence-corrected chi connectivity index (χ1v) is 8.32. The van der Waals surface area contributed by atoms with Gasteiger partial charge in [-0.25, -0.2) is 18.4 Å². The maximum absolute atomic E-state index is 12.5. The van der Waals surface area contributed by atoms with Crippen molar-refractivity contribution in [3.05, 3.63) is 39.6 Å². The van der Waals surface area contributed by atoms with E-state index in [0.717, 1.165) is 0 Å². The normalized spacial score (nSPS) is 11.8. The number of hydrogen-bond donors (Lipinski definition) is 2. The highest BCUT2D eigenvalue weighted by atomic mass is 35.5. The van der Waals surface area contributed by atoms with Gasteiger partial charge >= 0.3 is 0 Å². The second-order valence-corrected chi connectivity index (χ2v) is 7.00. The van der Waals surface area contributed by atoms with Crippen molar-refractivity contribution < 1.29 is 8.42 Å². The third-order valence-corrected chi connectivity index (χ3v) is 5.14. The molecule has 0 fully saturated rings. The predicted octanol–water partition coefficient (Wildman–Crippen LogP) is 3.11. The highest BCUT2D eigenvalue weighted by molar-refractivity contribution is 7.93. The van der Waals surface area contributed by atoms with Crippen LogP contribution in [-0.2, 0) is 10.0 Å². The molecule has 3 aromatic rings. The first-order valence-electron chi connectivity index (χ1n) is 5.71. The van der Waals surface area contributed by atoms with Crippen molar-refractivity contribution in [3.63, 3.8) is 0 Å². The minimum Gasteiger partial charge on any atom is -0.260 e. The van der Waals surface area contributed by atoms with Crippen molar-refractivity contribution in [2.75, 3.05) is 4.72 Å². The van der Waals surface area contributed by atoms with E-state index in [1.165, 1.54) is 24.5 Å². The zero-order chi connectivity index (χ0) is 15.9. The van der Waals surface area contributed by atoms with E-state index in [-0.39, 0.29) is 31.3 Å². The number of fused-ring (bicyclic) bond motifs is 1. The van der Waals surface area contributed by atoms with Gasteiger partial charge in [0.1, 0.15) is 4.90 Å². The average Bonchev–Trinajstić information content (AvgIpc) is 2.80. The van der Waals surface area contributed by atoms with Crippen LogP contribution >= 0.6 is 34.8 Å². The van der Waals surface area contributed by atoms with Gasteiger partial charge in [-0.1, -0.05) is 34.8 Å². The number of nitrogens with zero attached hydrogens (tertiary/aromatic N) is 3. The highest BCUT2D eigenvalue weighted by Crippen LogP contribution is 2.34. The second kappa shape index (κ2) is 5.54. The van der Waals surface area contributed by atoms with Crippen LogP contribution in [0.3, 0.4) is 0 Å². The molecule has 0 aliphatic carbocycles. The molecule has 0 unspecified atom stereocenters. The first-order chi connectivity index (χ1) is 10.4. The third-order valence-electron chi connectivity index (χ3n) is 2.66. The van der Waals surface area contributed by atoms with Crippen molar-refractivity contribution in [1.82, 2.24) is 20.2 Å². The van der Waals surface area contributed by atoms with Crippen LogP contribution in [0, 0.1) is 0 Å². The number of aromatic amines is 1. The third kappa shape index (κ3) is 2.70. The molecule has 2 heterocycles. The van der Waals surface area contributed by atoms with Gasteiger partial charge in [0, 0.05) is 17.4 Å². The minimum absolute atomic E-state index is 0.00909. The van der Waals surface area contributed by atoms with E-state index in [0.29, 0.717) is 5.65 Å². The Bertz CT molecular complexity index is 950. The Hall–Kier alpha value is -1.61. The summed E-state index contributed by atoms with van der Waals surface area (Å²) < 4.78 is 27.2. The monoisotopic (exact) mass is 377 g/mol. The molecule has 0 radical (unpaired) electrons. The molecule has 11 heteroatoms. The van der Waals surface area contributed by atoms with Crippen molar-refractivity contribution in [1.29, 1.82) is 0 Å². The number of nitrogens with one attached hydrogen (secondary N) is 2. The van der Waals surface area contributed by atoms with Crippen LogP contribution < -0.4 is 4.72 Å². The molecule has 0 aliphatic heterocycles. The molecule has 0 bridgehead atoms. The lowest BCUT2D eigenvalue weighted by Gasteiger charge is -2.09. The molecule has 0 amide bonds. The summed E-state index contributed by atoms with van der Waals surface area (Å²) in [7, 11) is -4.08. The van der Waals surface area contributed by atoms with Crippen molar-refractivity contribution in [2.24, 2.45) is 0 Å². The Morgan fingerprint density at radius 2 is 1.68 bits per heavy atom. The number of benzene rings is 1. The Labute approximate surface area is 139 Å². The van der Waals surface area contributed by atoms with Gasteiger partial charge in [0.25, 0.3) is 10.0 Å². The van der Waals surface area contributed by atoms with Gasteiger partial charge in [-0.3, -0.25) is 9.82 Å². The summed E-state index contributed by atoms with van der Waals surface area (Å²) in [6, 6.07) is 2.57. The Balaban J connectivity index is 2.08. The summed E-state index contributed by atoms with van der Waals surface area (Å²) in [6.45, 7) is 0. The lowest BCUT2D eigenvalue weighted by Crippen LogP contribution is -2.14. The number of sulfonamides is 1. The molecular weight excluding hydrogens is 373 g/mol. The zero-order valence-corrected chi connectivity index (χ0v) is 13.6. The summed E-state index contributed by atoms with van der Waals surface area (Å²) in [5.41, 5.74) is 0.612. The molecule has 0 spiro atoms. The molecule has 22 heavy (non-hydrogen) atoms. The Morgan fingerprint density at radius 3 is 2.36 bits per heavy atom. The lowest BCUT2D eigenvalue weighted by molar-refractivity contribution is 0.601. The quantitative estimate of drug-likeness (QED) is 0.729. The minimum atomic E-state index is -4.08. The predicted molar refractivity (Wildman–Crippen MR) is 84.0 cm³/mol. The van der Waals surface area contributed by atoms with E-state index >= 15 is 0 Å². The van der Waals surface area contributed by atoms with Crippen LogP contribution in [0.15, 0.2) is 29.4 Å². The van der Waals surface area contributed by atoms with Crippen LogP contribution in [0.1, 0.15) is 0 Å². The van der Waals surface area contributed by atoms with E-state index < -0.39 is 10.0 Å². The molecule has 0 saturated carbocycles. The largest absolute Gasteiger partial charge is 0.266 e. The van der Waals surface area contributed by atoms with Crippen LogP contribution in [-0.4, -0.2) is 28.6 Å². The van der Waals surface area contributed by atoms with E-state index in [1.54, 1.807) is 0 Å². The summed E-state index contributed by atoms with van der Waals surface area (Å²) in [6.07, 6.45) is 2.86. The highest BCUT2D eigenvalue weighted by Gasteiger charge is 2.24. The molecular formula is C11H6Cl3N5O2S. The summed E-state index contributed by atoms with van der Waals surface area (Å²) in [5.74, 6) is -0.00909. The topological polar surface area (TPSA) is 101 Å². The van der Waals surface area contributed by atoms with Gasteiger partial charge in [0.15, 0.2) is 17.0 Å². The number of anilines is 1. The Morgan fingerprint density at radius 1 is 1.05 bits per heavy atom. The number of H-pyrrole nitrogens is 1.